The Bertz CT molecular complexity index is 313. The smallest absolute Gasteiger partial charge is 0.232 e. The van der Waals surface area contributed by atoms with Gasteiger partial charge in [-0.25, -0.2) is 0 Å². The van der Waals surface area contributed by atoms with Crippen molar-refractivity contribution >= 4 is 17.7 Å². The zero-order chi connectivity index (χ0) is 11.8. The number of carbonyl (C=O) groups excluding carboxylic acids is 1. The molecule has 0 aliphatic rings. The summed E-state index contributed by atoms with van der Waals surface area (Å²) < 4.78 is 0. The Kier molecular flexibility index (Phi) is 6.01. The van der Waals surface area contributed by atoms with Crippen LogP contribution in [0.4, 0.5) is 0 Å². The molecule has 0 spiro atoms. The third-order valence-corrected chi connectivity index (χ3v) is 3.48. The number of hydrogen-bond acceptors (Lipinski definition) is 2. The Labute approximate surface area is 102 Å². The SMILES string of the molecule is CCCNC(=O)C(C)SCc1ccccc1. The normalized spacial score (nSPS) is 12.1. The molecule has 1 atom stereocenters. The van der Waals surface area contributed by atoms with Crippen LogP contribution in [0.1, 0.15) is 25.8 Å². The minimum Gasteiger partial charge on any atom is -0.355 e. The van der Waals surface area contributed by atoms with Gasteiger partial charge in [-0.05, 0) is 18.9 Å². The van der Waals surface area contributed by atoms with Gasteiger partial charge in [-0.1, -0.05) is 37.3 Å². The van der Waals surface area contributed by atoms with Crippen LogP contribution in [0.5, 0.6) is 0 Å². The first kappa shape index (κ1) is 13.1. The second-order valence-corrected chi connectivity index (χ2v) is 5.06. The molecule has 0 heterocycles. The molecule has 88 valence electrons. The van der Waals surface area contributed by atoms with E-state index in [-0.39, 0.29) is 11.2 Å². The van der Waals surface area contributed by atoms with Crippen molar-refractivity contribution in [1.29, 1.82) is 0 Å². The van der Waals surface area contributed by atoms with Crippen LogP contribution in [0.3, 0.4) is 0 Å². The average Bonchev–Trinajstić information content (AvgIpc) is 2.34. The average molecular weight is 237 g/mol. The van der Waals surface area contributed by atoms with Gasteiger partial charge in [0.05, 0.1) is 5.25 Å². The molecule has 16 heavy (non-hydrogen) atoms. The molecular formula is C13H19NOS. The van der Waals surface area contributed by atoms with Gasteiger partial charge in [-0.3, -0.25) is 4.79 Å². The molecule has 0 saturated heterocycles. The molecule has 0 saturated carbocycles. The summed E-state index contributed by atoms with van der Waals surface area (Å²) in [5, 5.41) is 2.93. The van der Waals surface area contributed by atoms with Crippen molar-refractivity contribution < 1.29 is 4.79 Å². The van der Waals surface area contributed by atoms with Gasteiger partial charge in [0, 0.05) is 12.3 Å². The highest BCUT2D eigenvalue weighted by atomic mass is 32.2. The Morgan fingerprint density at radius 1 is 1.38 bits per heavy atom. The van der Waals surface area contributed by atoms with Gasteiger partial charge in [-0.2, -0.15) is 0 Å². The predicted octanol–water partition coefficient (Wildman–Crippen LogP) is 2.83. The number of nitrogens with one attached hydrogen (secondary N) is 1. The zero-order valence-electron chi connectivity index (χ0n) is 9.90. The number of carbonyl (C=O) groups is 1. The third-order valence-electron chi connectivity index (χ3n) is 2.26. The molecule has 1 aromatic rings. The predicted molar refractivity (Wildman–Crippen MR) is 70.5 cm³/mol. The van der Waals surface area contributed by atoms with Crippen molar-refractivity contribution in [2.75, 3.05) is 6.54 Å². The molecule has 1 rings (SSSR count). The van der Waals surface area contributed by atoms with E-state index in [0.717, 1.165) is 18.7 Å². The lowest BCUT2D eigenvalue weighted by Gasteiger charge is -2.11. The molecule has 1 aromatic carbocycles. The van der Waals surface area contributed by atoms with Gasteiger partial charge in [-0.15, -0.1) is 11.8 Å². The molecule has 0 aliphatic carbocycles. The van der Waals surface area contributed by atoms with E-state index >= 15 is 0 Å². The standard InChI is InChI=1S/C13H19NOS/c1-3-9-14-13(15)11(2)16-10-12-7-5-4-6-8-12/h4-8,11H,3,9-10H2,1-2H3,(H,14,15). The molecule has 1 N–H and O–H groups in total. The summed E-state index contributed by atoms with van der Waals surface area (Å²) >= 11 is 1.68. The van der Waals surface area contributed by atoms with Crippen molar-refractivity contribution in [3.05, 3.63) is 35.9 Å². The third kappa shape index (κ3) is 4.71. The first-order chi connectivity index (χ1) is 7.74. The molecule has 0 fully saturated rings. The highest BCUT2D eigenvalue weighted by Crippen LogP contribution is 2.17. The number of benzene rings is 1. The van der Waals surface area contributed by atoms with Gasteiger partial charge >= 0.3 is 0 Å². The van der Waals surface area contributed by atoms with Crippen LogP contribution in [0, 0.1) is 0 Å². The lowest BCUT2D eigenvalue weighted by atomic mass is 10.2. The number of hydrogen-bond donors (Lipinski definition) is 1. The Morgan fingerprint density at radius 3 is 2.69 bits per heavy atom. The Hall–Kier alpha value is -0.960. The fourth-order valence-corrected chi connectivity index (χ4v) is 2.13. The highest BCUT2D eigenvalue weighted by molar-refractivity contribution is 7.99. The van der Waals surface area contributed by atoms with Crippen molar-refractivity contribution in [2.24, 2.45) is 0 Å². The van der Waals surface area contributed by atoms with Crippen LogP contribution in [-0.2, 0) is 10.5 Å². The maximum absolute atomic E-state index is 11.6. The quantitative estimate of drug-likeness (QED) is 0.824. The van der Waals surface area contributed by atoms with Crippen molar-refractivity contribution in [3.8, 4) is 0 Å². The molecule has 1 amide bonds. The van der Waals surface area contributed by atoms with Crippen LogP contribution in [0.15, 0.2) is 30.3 Å². The molecule has 0 radical (unpaired) electrons. The summed E-state index contributed by atoms with van der Waals surface area (Å²) in [7, 11) is 0. The summed E-state index contributed by atoms with van der Waals surface area (Å²) in [6.07, 6.45) is 0.988. The molecule has 2 nitrogen and oxygen atoms in total. The summed E-state index contributed by atoms with van der Waals surface area (Å²) in [5.41, 5.74) is 1.27. The summed E-state index contributed by atoms with van der Waals surface area (Å²) in [6, 6.07) is 10.2. The van der Waals surface area contributed by atoms with Crippen LogP contribution in [-0.4, -0.2) is 17.7 Å². The van der Waals surface area contributed by atoms with Gasteiger partial charge in [0.1, 0.15) is 0 Å². The number of rotatable bonds is 6. The molecule has 0 aromatic heterocycles. The fraction of sp³-hybridized carbons (Fsp3) is 0.462. The largest absolute Gasteiger partial charge is 0.355 e. The maximum atomic E-state index is 11.6. The maximum Gasteiger partial charge on any atom is 0.232 e. The fourth-order valence-electron chi connectivity index (χ4n) is 1.26. The molecule has 0 aliphatic heterocycles. The Morgan fingerprint density at radius 2 is 2.06 bits per heavy atom. The van der Waals surface area contributed by atoms with Crippen LogP contribution < -0.4 is 5.32 Å². The van der Waals surface area contributed by atoms with E-state index < -0.39 is 0 Å². The van der Waals surface area contributed by atoms with Gasteiger partial charge < -0.3 is 5.32 Å². The van der Waals surface area contributed by atoms with E-state index in [1.165, 1.54) is 5.56 Å². The van der Waals surface area contributed by atoms with Gasteiger partial charge in [0.25, 0.3) is 0 Å². The number of thioether (sulfide) groups is 1. The summed E-state index contributed by atoms with van der Waals surface area (Å²) in [6.45, 7) is 4.79. The van der Waals surface area contributed by atoms with Crippen LogP contribution >= 0.6 is 11.8 Å². The molecule has 0 bridgehead atoms. The van der Waals surface area contributed by atoms with E-state index in [2.05, 4.69) is 24.4 Å². The first-order valence-corrected chi connectivity index (χ1v) is 6.72. The molecule has 1 unspecified atom stereocenters. The summed E-state index contributed by atoms with van der Waals surface area (Å²) in [5.74, 6) is 1.03. The van der Waals surface area contributed by atoms with Gasteiger partial charge in [0.15, 0.2) is 0 Å². The van der Waals surface area contributed by atoms with Crippen LogP contribution in [0.2, 0.25) is 0 Å². The van der Waals surface area contributed by atoms with E-state index in [1.807, 2.05) is 25.1 Å². The molecular weight excluding hydrogens is 218 g/mol. The first-order valence-electron chi connectivity index (χ1n) is 5.67. The van der Waals surface area contributed by atoms with Crippen LogP contribution in [0.25, 0.3) is 0 Å². The van der Waals surface area contributed by atoms with Crippen molar-refractivity contribution in [3.63, 3.8) is 0 Å². The van der Waals surface area contributed by atoms with E-state index in [9.17, 15) is 4.79 Å². The molecule has 3 heteroatoms. The van der Waals surface area contributed by atoms with E-state index in [0.29, 0.717) is 0 Å². The second kappa shape index (κ2) is 7.34. The lowest BCUT2D eigenvalue weighted by Crippen LogP contribution is -2.31. The van der Waals surface area contributed by atoms with Crippen molar-refractivity contribution in [1.82, 2.24) is 5.32 Å². The highest BCUT2D eigenvalue weighted by Gasteiger charge is 2.11. The lowest BCUT2D eigenvalue weighted by molar-refractivity contribution is -0.120. The monoisotopic (exact) mass is 237 g/mol. The minimum absolute atomic E-state index is 0.0201. The van der Waals surface area contributed by atoms with E-state index in [4.69, 9.17) is 0 Å². The minimum atomic E-state index is 0.0201. The van der Waals surface area contributed by atoms with Gasteiger partial charge in [0.2, 0.25) is 5.91 Å². The summed E-state index contributed by atoms with van der Waals surface area (Å²) in [4.78, 5) is 11.6. The second-order valence-electron chi connectivity index (χ2n) is 3.73. The van der Waals surface area contributed by atoms with Crippen molar-refractivity contribution in [2.45, 2.75) is 31.3 Å². The van der Waals surface area contributed by atoms with E-state index in [1.54, 1.807) is 11.8 Å². The zero-order valence-corrected chi connectivity index (χ0v) is 10.7. The number of amides is 1. The topological polar surface area (TPSA) is 29.1 Å². The Balaban J connectivity index is 2.29.